The van der Waals surface area contributed by atoms with Crippen LogP contribution < -0.4 is 11.3 Å². The highest BCUT2D eigenvalue weighted by Gasteiger charge is 2.12. The molecule has 0 amide bonds. The summed E-state index contributed by atoms with van der Waals surface area (Å²) in [5.74, 6) is 6.89. The van der Waals surface area contributed by atoms with E-state index in [-0.39, 0.29) is 0 Å². The maximum absolute atomic E-state index is 6.25. The Balaban J connectivity index is 1.69. The molecule has 0 fully saturated rings. The van der Waals surface area contributed by atoms with E-state index in [0.29, 0.717) is 35.3 Å². The molecule has 26 heavy (non-hydrogen) atoms. The van der Waals surface area contributed by atoms with Crippen molar-refractivity contribution in [1.29, 1.82) is 0 Å². The lowest BCUT2D eigenvalue weighted by molar-refractivity contribution is 0.693. The van der Waals surface area contributed by atoms with Crippen molar-refractivity contribution in [3.63, 3.8) is 0 Å². The van der Waals surface area contributed by atoms with Gasteiger partial charge in [-0.3, -0.25) is 4.68 Å². The molecule has 0 spiro atoms. The number of hydrogen-bond acceptors (Lipinski definition) is 5. The van der Waals surface area contributed by atoms with Crippen LogP contribution in [0.5, 0.6) is 0 Å². The minimum absolute atomic E-state index is 0.550. The molecule has 130 valence electrons. The van der Waals surface area contributed by atoms with Crippen molar-refractivity contribution in [3.05, 3.63) is 82.8 Å². The Hall–Kier alpha value is -2.96. The average molecular weight is 365 g/mol. The second-order valence-electron chi connectivity index (χ2n) is 5.95. The number of nitrogen functional groups attached to an aromatic ring is 1. The summed E-state index contributed by atoms with van der Waals surface area (Å²) in [5, 5.41) is 6.05. The first-order valence-electron chi connectivity index (χ1n) is 8.21. The Labute approximate surface area is 155 Å². The number of nitrogens with one attached hydrogen (secondary N) is 1. The van der Waals surface area contributed by atoms with Gasteiger partial charge < -0.3 is 5.43 Å². The molecule has 0 unspecified atom stereocenters. The Kier molecular flexibility index (Phi) is 4.51. The highest BCUT2D eigenvalue weighted by Crippen LogP contribution is 2.22. The number of hydrogen-bond donors (Lipinski definition) is 2. The first-order chi connectivity index (χ1) is 12.7. The van der Waals surface area contributed by atoms with E-state index in [0.717, 1.165) is 16.5 Å². The van der Waals surface area contributed by atoms with Crippen LogP contribution in [-0.2, 0) is 13.0 Å². The van der Waals surface area contributed by atoms with Crippen molar-refractivity contribution in [3.8, 4) is 0 Å². The normalized spacial score (nSPS) is 11.0. The van der Waals surface area contributed by atoms with Gasteiger partial charge in [0.15, 0.2) is 11.5 Å². The highest BCUT2D eigenvalue weighted by molar-refractivity contribution is 6.31. The van der Waals surface area contributed by atoms with Crippen molar-refractivity contribution < 1.29 is 0 Å². The minimum Gasteiger partial charge on any atom is -0.308 e. The number of halogens is 1. The minimum atomic E-state index is 0.550. The zero-order chi connectivity index (χ0) is 17.9. The molecule has 2 aromatic heterocycles. The molecule has 0 aliphatic rings. The number of fused-ring (bicyclic) bond motifs is 1. The van der Waals surface area contributed by atoms with Crippen LogP contribution in [0.25, 0.3) is 11.0 Å². The summed E-state index contributed by atoms with van der Waals surface area (Å²) in [4.78, 5) is 9.12. The summed E-state index contributed by atoms with van der Waals surface area (Å²) in [7, 11) is 0. The Morgan fingerprint density at radius 3 is 2.54 bits per heavy atom. The molecule has 3 N–H and O–H groups in total. The fourth-order valence-corrected chi connectivity index (χ4v) is 3.04. The molecule has 0 bridgehead atoms. The lowest BCUT2D eigenvalue weighted by Crippen LogP contribution is -2.11. The quantitative estimate of drug-likeness (QED) is 0.419. The van der Waals surface area contributed by atoms with Crippen LogP contribution in [0.3, 0.4) is 0 Å². The summed E-state index contributed by atoms with van der Waals surface area (Å²) < 4.78 is 1.80. The van der Waals surface area contributed by atoms with Crippen molar-refractivity contribution >= 4 is 28.5 Å². The summed E-state index contributed by atoms with van der Waals surface area (Å²) in [6.07, 6.45) is 2.49. The maximum Gasteiger partial charge on any atom is 0.186 e. The number of hydrazine groups is 1. The molecule has 0 aliphatic carbocycles. The molecular formula is C19H17ClN6. The monoisotopic (exact) mass is 364 g/mol. The Morgan fingerprint density at radius 2 is 1.77 bits per heavy atom. The SMILES string of the molecule is NNc1nc(Cc2ccccc2)nc2nn(Cc3ccccc3Cl)cc12. The van der Waals surface area contributed by atoms with E-state index in [1.807, 2.05) is 60.8 Å². The van der Waals surface area contributed by atoms with Crippen LogP contribution in [-0.4, -0.2) is 19.7 Å². The number of nitrogens with two attached hydrogens (primary N) is 1. The van der Waals surface area contributed by atoms with E-state index in [4.69, 9.17) is 17.4 Å². The van der Waals surface area contributed by atoms with Crippen molar-refractivity contribution in [2.75, 3.05) is 5.43 Å². The third-order valence-corrected chi connectivity index (χ3v) is 4.47. The maximum atomic E-state index is 6.25. The van der Waals surface area contributed by atoms with Gasteiger partial charge in [0.1, 0.15) is 5.82 Å². The second-order valence-corrected chi connectivity index (χ2v) is 6.36. The fraction of sp³-hybridized carbons (Fsp3) is 0.105. The lowest BCUT2D eigenvalue weighted by atomic mass is 10.1. The van der Waals surface area contributed by atoms with Crippen LogP contribution in [0, 0.1) is 0 Å². The van der Waals surface area contributed by atoms with Gasteiger partial charge in [-0.25, -0.2) is 15.8 Å². The van der Waals surface area contributed by atoms with E-state index in [9.17, 15) is 0 Å². The van der Waals surface area contributed by atoms with Gasteiger partial charge in [0.25, 0.3) is 0 Å². The van der Waals surface area contributed by atoms with Gasteiger partial charge in [0.05, 0.1) is 11.9 Å². The second kappa shape index (κ2) is 7.11. The predicted octanol–water partition coefficient (Wildman–Crippen LogP) is 3.40. The molecule has 2 aromatic carbocycles. The smallest absolute Gasteiger partial charge is 0.186 e. The standard InChI is InChI=1S/C19H17ClN6/c20-16-9-5-4-8-14(16)11-26-12-15-18(24-21)22-17(23-19(15)25-26)10-13-6-2-1-3-7-13/h1-9,12H,10-11,21H2,(H,22,23,24,25). The number of benzene rings is 2. The third-order valence-electron chi connectivity index (χ3n) is 4.11. The molecule has 6 nitrogen and oxygen atoms in total. The van der Waals surface area contributed by atoms with Gasteiger partial charge in [0.2, 0.25) is 0 Å². The molecule has 4 rings (SSSR count). The topological polar surface area (TPSA) is 81.7 Å². The van der Waals surface area contributed by atoms with Crippen LogP contribution in [0.2, 0.25) is 5.02 Å². The zero-order valence-electron chi connectivity index (χ0n) is 13.9. The summed E-state index contributed by atoms with van der Waals surface area (Å²) in [5.41, 5.74) is 5.37. The number of aromatic nitrogens is 4. The largest absolute Gasteiger partial charge is 0.308 e. The van der Waals surface area contributed by atoms with Crippen molar-refractivity contribution in [1.82, 2.24) is 19.7 Å². The molecule has 4 aromatic rings. The van der Waals surface area contributed by atoms with E-state index >= 15 is 0 Å². The Morgan fingerprint density at radius 1 is 1.00 bits per heavy atom. The van der Waals surface area contributed by atoms with Crippen LogP contribution in [0.1, 0.15) is 17.0 Å². The molecule has 0 radical (unpaired) electrons. The van der Waals surface area contributed by atoms with E-state index in [1.54, 1.807) is 4.68 Å². The van der Waals surface area contributed by atoms with Crippen LogP contribution in [0.4, 0.5) is 5.82 Å². The van der Waals surface area contributed by atoms with Crippen molar-refractivity contribution in [2.24, 2.45) is 5.84 Å². The van der Waals surface area contributed by atoms with Gasteiger partial charge in [-0.1, -0.05) is 60.1 Å². The predicted molar refractivity (Wildman–Crippen MR) is 103 cm³/mol. The van der Waals surface area contributed by atoms with Crippen molar-refractivity contribution in [2.45, 2.75) is 13.0 Å². The molecule has 0 saturated carbocycles. The summed E-state index contributed by atoms with van der Waals surface area (Å²) in [6, 6.07) is 17.8. The number of nitrogens with zero attached hydrogens (tertiary/aromatic N) is 4. The van der Waals surface area contributed by atoms with Gasteiger partial charge in [0, 0.05) is 17.6 Å². The van der Waals surface area contributed by atoms with E-state index < -0.39 is 0 Å². The number of rotatable bonds is 5. The molecule has 7 heteroatoms. The van der Waals surface area contributed by atoms with Gasteiger partial charge >= 0.3 is 0 Å². The fourth-order valence-electron chi connectivity index (χ4n) is 2.85. The summed E-state index contributed by atoms with van der Waals surface area (Å²) in [6.45, 7) is 0.550. The molecule has 0 atom stereocenters. The zero-order valence-corrected chi connectivity index (χ0v) is 14.7. The third kappa shape index (κ3) is 3.37. The number of anilines is 1. The molecule has 0 saturated heterocycles. The Bertz CT molecular complexity index is 1040. The van der Waals surface area contributed by atoms with Gasteiger partial charge in [-0.05, 0) is 17.2 Å². The molecule has 0 aliphatic heterocycles. The molecular weight excluding hydrogens is 348 g/mol. The lowest BCUT2D eigenvalue weighted by Gasteiger charge is -2.04. The molecule has 2 heterocycles. The van der Waals surface area contributed by atoms with Crippen LogP contribution in [0.15, 0.2) is 60.8 Å². The van der Waals surface area contributed by atoms with Gasteiger partial charge in [-0.2, -0.15) is 5.10 Å². The van der Waals surface area contributed by atoms with Gasteiger partial charge in [-0.15, -0.1) is 0 Å². The van der Waals surface area contributed by atoms with E-state index in [2.05, 4.69) is 20.5 Å². The summed E-state index contributed by atoms with van der Waals surface area (Å²) >= 11 is 6.25. The first kappa shape index (κ1) is 16.5. The van der Waals surface area contributed by atoms with E-state index in [1.165, 1.54) is 0 Å². The first-order valence-corrected chi connectivity index (χ1v) is 8.59. The van der Waals surface area contributed by atoms with Crippen LogP contribution >= 0.6 is 11.6 Å². The highest BCUT2D eigenvalue weighted by atomic mass is 35.5. The average Bonchev–Trinajstić information content (AvgIpc) is 3.06.